The van der Waals surface area contributed by atoms with Crippen molar-refractivity contribution < 1.29 is 14.3 Å². The van der Waals surface area contributed by atoms with Crippen molar-refractivity contribution in [3.05, 3.63) is 29.8 Å². The maximum absolute atomic E-state index is 13.6. The molecule has 0 radical (unpaired) electrons. The van der Waals surface area contributed by atoms with Crippen LogP contribution >= 0.6 is 0 Å². The van der Waals surface area contributed by atoms with Gasteiger partial charge in [-0.25, -0.2) is 0 Å². The molecule has 2 heterocycles. The summed E-state index contributed by atoms with van der Waals surface area (Å²) in [6.07, 6.45) is 3.41. The highest BCUT2D eigenvalue weighted by Crippen LogP contribution is 2.24. The second kappa shape index (κ2) is 11.9. The van der Waals surface area contributed by atoms with Gasteiger partial charge in [0.2, 0.25) is 11.8 Å². The van der Waals surface area contributed by atoms with E-state index in [1.807, 2.05) is 21.9 Å². The molecule has 1 aromatic carbocycles. The van der Waals surface area contributed by atoms with Crippen LogP contribution in [0, 0.1) is 24.7 Å². The van der Waals surface area contributed by atoms with E-state index in [1.54, 1.807) is 0 Å². The predicted molar refractivity (Wildman–Crippen MR) is 132 cm³/mol. The first-order valence-corrected chi connectivity index (χ1v) is 12.8. The average molecular weight is 458 g/mol. The molecule has 2 amide bonds. The smallest absolute Gasteiger partial charge is 0.245 e. The van der Waals surface area contributed by atoms with Gasteiger partial charge >= 0.3 is 0 Å². The third kappa shape index (κ3) is 7.20. The second-order valence-electron chi connectivity index (χ2n) is 10.7. The first-order chi connectivity index (χ1) is 15.7. The van der Waals surface area contributed by atoms with Crippen molar-refractivity contribution in [1.82, 2.24) is 15.1 Å². The number of piperazine rings is 1. The van der Waals surface area contributed by atoms with E-state index in [2.05, 4.69) is 52.1 Å². The van der Waals surface area contributed by atoms with Gasteiger partial charge in [0.15, 0.2) is 0 Å². The molecule has 0 saturated carbocycles. The first kappa shape index (κ1) is 25.5. The van der Waals surface area contributed by atoms with Crippen molar-refractivity contribution in [3.63, 3.8) is 0 Å². The molecule has 6 nitrogen and oxygen atoms in total. The first-order valence-electron chi connectivity index (χ1n) is 12.8. The largest absolute Gasteiger partial charge is 0.493 e. The maximum atomic E-state index is 13.6. The monoisotopic (exact) mass is 457 g/mol. The molecular weight excluding hydrogens is 414 g/mol. The molecule has 33 heavy (non-hydrogen) atoms. The van der Waals surface area contributed by atoms with Crippen molar-refractivity contribution in [1.29, 1.82) is 0 Å². The Morgan fingerprint density at radius 1 is 1.12 bits per heavy atom. The third-order valence-electron chi connectivity index (χ3n) is 6.79. The number of carbonyl (C=O) groups excluding carboxylic acids is 2. The lowest BCUT2D eigenvalue weighted by molar-refractivity contribution is -0.150. The van der Waals surface area contributed by atoms with E-state index in [0.29, 0.717) is 30.9 Å². The van der Waals surface area contributed by atoms with Crippen molar-refractivity contribution in [2.45, 2.75) is 72.4 Å². The zero-order valence-corrected chi connectivity index (χ0v) is 21.2. The van der Waals surface area contributed by atoms with Crippen LogP contribution in [-0.4, -0.2) is 66.5 Å². The Labute approximate surface area is 200 Å². The molecule has 184 valence electrons. The summed E-state index contributed by atoms with van der Waals surface area (Å²) >= 11 is 0. The molecule has 2 atom stereocenters. The van der Waals surface area contributed by atoms with Gasteiger partial charge in [-0.1, -0.05) is 39.8 Å². The minimum atomic E-state index is -0.352. The van der Waals surface area contributed by atoms with E-state index >= 15 is 0 Å². The van der Waals surface area contributed by atoms with Crippen molar-refractivity contribution in [2.75, 3.05) is 32.8 Å². The number of ether oxygens (including phenoxy) is 1. The summed E-state index contributed by atoms with van der Waals surface area (Å²) in [6, 6.07) is 7.62. The highest BCUT2D eigenvalue weighted by Gasteiger charge is 2.39. The number of nitrogens with zero attached hydrogens (tertiary/aromatic N) is 2. The average Bonchev–Trinajstić information content (AvgIpc) is 2.77. The number of nitrogens with one attached hydrogen (secondary N) is 1. The van der Waals surface area contributed by atoms with E-state index in [0.717, 1.165) is 51.1 Å². The van der Waals surface area contributed by atoms with Crippen LogP contribution in [0.15, 0.2) is 24.3 Å². The standard InChI is InChI=1S/C27H43N3O3/c1-19(2)15-24-26(31)30(14-11-28-24)25(16-20(3)4)27(32)29-12-9-22(10-13-29)18-33-23-8-6-7-21(5)17-23/h6-8,17,19-20,22,24-25,28H,9-16,18H2,1-5H3/t24-,25?/m0/s1. The minimum absolute atomic E-state index is 0.0930. The molecular formula is C27H43N3O3. The van der Waals surface area contributed by atoms with Crippen molar-refractivity contribution >= 4 is 11.8 Å². The molecule has 1 N–H and O–H groups in total. The molecule has 3 rings (SSSR count). The lowest BCUT2D eigenvalue weighted by Crippen LogP contribution is -2.62. The summed E-state index contributed by atoms with van der Waals surface area (Å²) in [5.41, 5.74) is 1.20. The fourth-order valence-corrected chi connectivity index (χ4v) is 4.98. The summed E-state index contributed by atoms with van der Waals surface area (Å²) in [5, 5.41) is 3.36. The summed E-state index contributed by atoms with van der Waals surface area (Å²) in [7, 11) is 0. The van der Waals surface area contributed by atoms with Gasteiger partial charge < -0.3 is 19.9 Å². The Bertz CT molecular complexity index is 787. The molecule has 0 aromatic heterocycles. The van der Waals surface area contributed by atoms with Crippen LogP contribution in [-0.2, 0) is 9.59 Å². The molecule has 0 aliphatic carbocycles. The SMILES string of the molecule is Cc1cccc(OCC2CCN(C(=O)C(CC(C)C)N3CCN[C@@H](CC(C)C)C3=O)CC2)c1. The number of piperidine rings is 1. The number of aryl methyl sites for hydroxylation is 1. The van der Waals surface area contributed by atoms with Gasteiger partial charge in [-0.3, -0.25) is 9.59 Å². The lowest BCUT2D eigenvalue weighted by atomic mass is 9.94. The molecule has 2 saturated heterocycles. The molecule has 1 unspecified atom stereocenters. The summed E-state index contributed by atoms with van der Waals surface area (Å²) in [5.74, 6) is 2.38. The Balaban J connectivity index is 1.58. The molecule has 2 aliphatic heterocycles. The van der Waals surface area contributed by atoms with E-state index in [-0.39, 0.29) is 23.9 Å². The Kier molecular flexibility index (Phi) is 9.19. The lowest BCUT2D eigenvalue weighted by Gasteiger charge is -2.42. The van der Waals surface area contributed by atoms with Gasteiger partial charge in [0.05, 0.1) is 12.6 Å². The number of likely N-dealkylation sites (tertiary alicyclic amines) is 1. The second-order valence-corrected chi connectivity index (χ2v) is 10.7. The number of hydrogen-bond acceptors (Lipinski definition) is 4. The highest BCUT2D eigenvalue weighted by atomic mass is 16.5. The molecule has 2 fully saturated rings. The maximum Gasteiger partial charge on any atom is 0.245 e. The van der Waals surface area contributed by atoms with Crippen molar-refractivity contribution in [2.24, 2.45) is 17.8 Å². The number of benzene rings is 1. The number of hydrogen-bond donors (Lipinski definition) is 1. The van der Waals surface area contributed by atoms with Crippen molar-refractivity contribution in [3.8, 4) is 5.75 Å². The van der Waals surface area contributed by atoms with Gasteiger partial charge in [-0.2, -0.15) is 0 Å². The highest BCUT2D eigenvalue weighted by molar-refractivity contribution is 5.90. The van der Waals surface area contributed by atoms with E-state index in [9.17, 15) is 9.59 Å². The number of amides is 2. The van der Waals surface area contributed by atoms with Crippen LogP contribution in [0.1, 0.15) is 58.9 Å². The zero-order chi connectivity index (χ0) is 24.0. The van der Waals surface area contributed by atoms with Crippen LogP contribution in [0.5, 0.6) is 5.75 Å². The molecule has 2 aliphatic rings. The Morgan fingerprint density at radius 3 is 2.48 bits per heavy atom. The normalized spacial score (nSPS) is 21.1. The van der Waals surface area contributed by atoms with Gasteiger partial charge in [0.1, 0.15) is 11.8 Å². The molecule has 0 bridgehead atoms. The minimum Gasteiger partial charge on any atom is -0.493 e. The van der Waals surface area contributed by atoms with Gasteiger partial charge in [0.25, 0.3) is 0 Å². The van der Waals surface area contributed by atoms with Crippen LogP contribution in [0.25, 0.3) is 0 Å². The molecule has 6 heteroatoms. The fraction of sp³-hybridized carbons (Fsp3) is 0.704. The van der Waals surface area contributed by atoms with E-state index in [1.165, 1.54) is 5.56 Å². The molecule has 1 aromatic rings. The van der Waals surface area contributed by atoms with Crippen LogP contribution < -0.4 is 10.1 Å². The van der Waals surface area contributed by atoms with Crippen LogP contribution in [0.2, 0.25) is 0 Å². The summed E-state index contributed by atoms with van der Waals surface area (Å²) in [6.45, 7) is 14.1. The summed E-state index contributed by atoms with van der Waals surface area (Å²) in [4.78, 5) is 30.7. The van der Waals surface area contributed by atoms with Crippen LogP contribution in [0.3, 0.4) is 0 Å². The number of rotatable bonds is 9. The molecule has 0 spiro atoms. The summed E-state index contributed by atoms with van der Waals surface area (Å²) < 4.78 is 6.01. The Hall–Kier alpha value is -2.08. The third-order valence-corrected chi connectivity index (χ3v) is 6.79. The fourth-order valence-electron chi connectivity index (χ4n) is 4.98. The van der Waals surface area contributed by atoms with Crippen LogP contribution in [0.4, 0.5) is 0 Å². The van der Waals surface area contributed by atoms with Gasteiger partial charge in [-0.05, 0) is 68.1 Å². The topological polar surface area (TPSA) is 61.9 Å². The van der Waals surface area contributed by atoms with E-state index < -0.39 is 0 Å². The predicted octanol–water partition coefficient (Wildman–Crippen LogP) is 3.87. The zero-order valence-electron chi connectivity index (χ0n) is 21.2. The van der Waals surface area contributed by atoms with Gasteiger partial charge in [0, 0.05) is 26.2 Å². The Morgan fingerprint density at radius 2 is 1.85 bits per heavy atom. The van der Waals surface area contributed by atoms with E-state index in [4.69, 9.17) is 4.74 Å². The van der Waals surface area contributed by atoms with Gasteiger partial charge in [-0.15, -0.1) is 0 Å². The quantitative estimate of drug-likeness (QED) is 0.611. The number of carbonyl (C=O) groups is 2.